The van der Waals surface area contributed by atoms with Crippen LogP contribution in [0, 0.1) is 13.8 Å². The molecular formula is C16H18BrNO. The molecule has 2 aromatic rings. The third-order valence-corrected chi connectivity index (χ3v) is 4.27. The van der Waals surface area contributed by atoms with Crippen LogP contribution in [0.15, 0.2) is 40.9 Å². The second kappa shape index (κ2) is 6.22. The van der Waals surface area contributed by atoms with Gasteiger partial charge in [0.05, 0.1) is 0 Å². The first-order valence-corrected chi connectivity index (χ1v) is 7.13. The predicted octanol–water partition coefficient (Wildman–Crippen LogP) is 4.36. The number of aryl methyl sites for hydroxylation is 2. The topological polar surface area (TPSA) is 35.2 Å². The number of hydrogen-bond acceptors (Lipinski definition) is 2. The molecule has 0 fully saturated rings. The first-order valence-electron chi connectivity index (χ1n) is 6.34. The standard InChI is InChI=1S/C16H18BrNO/c1-11-9-14(10-12(2)16(11)17)19-15-6-4-3-5-13(15)7-8-18/h3-6,9-10H,7-8,18H2,1-2H3. The highest BCUT2D eigenvalue weighted by atomic mass is 79.9. The molecule has 2 N–H and O–H groups in total. The fraction of sp³-hybridized carbons (Fsp3) is 0.250. The van der Waals surface area contributed by atoms with Gasteiger partial charge in [0.1, 0.15) is 11.5 Å². The van der Waals surface area contributed by atoms with Crippen LogP contribution in [0.25, 0.3) is 0 Å². The van der Waals surface area contributed by atoms with Crippen molar-refractivity contribution in [2.75, 3.05) is 6.54 Å². The van der Waals surface area contributed by atoms with Gasteiger partial charge in [-0.25, -0.2) is 0 Å². The fourth-order valence-electron chi connectivity index (χ4n) is 2.06. The van der Waals surface area contributed by atoms with E-state index in [1.807, 2.05) is 30.3 Å². The van der Waals surface area contributed by atoms with Crippen molar-refractivity contribution < 1.29 is 4.74 Å². The lowest BCUT2D eigenvalue weighted by Gasteiger charge is -2.12. The van der Waals surface area contributed by atoms with Crippen molar-refractivity contribution in [1.82, 2.24) is 0 Å². The van der Waals surface area contributed by atoms with E-state index in [1.165, 1.54) is 11.1 Å². The number of rotatable bonds is 4. The molecule has 0 saturated heterocycles. The molecule has 0 heterocycles. The maximum absolute atomic E-state index is 6.00. The number of nitrogens with two attached hydrogens (primary N) is 1. The molecule has 0 spiro atoms. The zero-order valence-electron chi connectivity index (χ0n) is 11.2. The van der Waals surface area contributed by atoms with Crippen molar-refractivity contribution in [2.24, 2.45) is 5.73 Å². The Morgan fingerprint density at radius 3 is 2.37 bits per heavy atom. The van der Waals surface area contributed by atoms with Crippen LogP contribution >= 0.6 is 15.9 Å². The average Bonchev–Trinajstić information content (AvgIpc) is 2.38. The first-order chi connectivity index (χ1) is 9.11. The Hall–Kier alpha value is -1.32. The van der Waals surface area contributed by atoms with Crippen molar-refractivity contribution in [1.29, 1.82) is 0 Å². The second-order valence-corrected chi connectivity index (χ2v) is 5.41. The fourth-order valence-corrected chi connectivity index (χ4v) is 2.29. The van der Waals surface area contributed by atoms with Gasteiger partial charge in [0.2, 0.25) is 0 Å². The van der Waals surface area contributed by atoms with E-state index < -0.39 is 0 Å². The maximum atomic E-state index is 6.00. The van der Waals surface area contributed by atoms with Crippen molar-refractivity contribution in [2.45, 2.75) is 20.3 Å². The molecule has 2 nitrogen and oxygen atoms in total. The van der Waals surface area contributed by atoms with Gasteiger partial charge in [0, 0.05) is 4.47 Å². The lowest BCUT2D eigenvalue weighted by Crippen LogP contribution is -2.04. The molecule has 2 rings (SSSR count). The maximum Gasteiger partial charge on any atom is 0.130 e. The minimum absolute atomic E-state index is 0.624. The summed E-state index contributed by atoms with van der Waals surface area (Å²) >= 11 is 3.57. The van der Waals surface area contributed by atoms with Gasteiger partial charge < -0.3 is 10.5 Å². The Labute approximate surface area is 122 Å². The molecule has 0 atom stereocenters. The molecule has 0 bridgehead atoms. The van der Waals surface area contributed by atoms with Crippen LogP contribution in [-0.2, 0) is 6.42 Å². The molecule has 0 aliphatic heterocycles. The van der Waals surface area contributed by atoms with E-state index in [0.29, 0.717) is 6.54 Å². The summed E-state index contributed by atoms with van der Waals surface area (Å²) in [5.41, 5.74) is 9.12. The molecule has 0 aromatic heterocycles. The van der Waals surface area contributed by atoms with E-state index >= 15 is 0 Å². The van der Waals surface area contributed by atoms with E-state index in [1.54, 1.807) is 0 Å². The van der Waals surface area contributed by atoms with Crippen LogP contribution in [0.3, 0.4) is 0 Å². The van der Waals surface area contributed by atoms with Crippen molar-refractivity contribution in [3.63, 3.8) is 0 Å². The monoisotopic (exact) mass is 319 g/mol. The number of halogens is 1. The molecule has 0 radical (unpaired) electrons. The van der Waals surface area contributed by atoms with E-state index in [9.17, 15) is 0 Å². The van der Waals surface area contributed by atoms with Crippen LogP contribution in [0.4, 0.5) is 0 Å². The number of benzene rings is 2. The Balaban J connectivity index is 2.31. The van der Waals surface area contributed by atoms with Crippen LogP contribution in [-0.4, -0.2) is 6.54 Å². The minimum Gasteiger partial charge on any atom is -0.457 e. The first kappa shape index (κ1) is 14.1. The van der Waals surface area contributed by atoms with Gasteiger partial charge in [-0.15, -0.1) is 0 Å². The number of ether oxygens (including phenoxy) is 1. The molecule has 19 heavy (non-hydrogen) atoms. The SMILES string of the molecule is Cc1cc(Oc2ccccc2CCN)cc(C)c1Br. The Morgan fingerprint density at radius 1 is 1.11 bits per heavy atom. The molecule has 0 saturated carbocycles. The summed E-state index contributed by atoms with van der Waals surface area (Å²) in [6.07, 6.45) is 0.824. The van der Waals surface area contributed by atoms with Gasteiger partial charge in [-0.2, -0.15) is 0 Å². The van der Waals surface area contributed by atoms with Crippen LogP contribution in [0.1, 0.15) is 16.7 Å². The highest BCUT2D eigenvalue weighted by molar-refractivity contribution is 9.10. The van der Waals surface area contributed by atoms with Gasteiger partial charge >= 0.3 is 0 Å². The summed E-state index contributed by atoms with van der Waals surface area (Å²) in [6, 6.07) is 12.1. The van der Waals surface area contributed by atoms with Crippen molar-refractivity contribution >= 4 is 15.9 Å². The highest BCUT2D eigenvalue weighted by Crippen LogP contribution is 2.31. The van der Waals surface area contributed by atoms with Gasteiger partial charge in [0.15, 0.2) is 0 Å². The number of hydrogen-bond donors (Lipinski definition) is 1. The third-order valence-electron chi connectivity index (χ3n) is 3.02. The van der Waals surface area contributed by atoms with E-state index in [0.717, 1.165) is 28.0 Å². The summed E-state index contributed by atoms with van der Waals surface area (Å²) in [5, 5.41) is 0. The molecular weight excluding hydrogens is 302 g/mol. The Bertz CT molecular complexity index is 558. The summed E-state index contributed by atoms with van der Waals surface area (Å²) in [4.78, 5) is 0. The third kappa shape index (κ3) is 3.37. The van der Waals surface area contributed by atoms with E-state index in [4.69, 9.17) is 10.5 Å². The van der Waals surface area contributed by atoms with Gasteiger partial charge in [-0.1, -0.05) is 34.1 Å². The molecule has 0 unspecified atom stereocenters. The molecule has 0 amide bonds. The summed E-state index contributed by atoms with van der Waals surface area (Å²) in [5.74, 6) is 1.75. The van der Waals surface area contributed by atoms with Crippen molar-refractivity contribution in [3.8, 4) is 11.5 Å². The zero-order valence-corrected chi connectivity index (χ0v) is 12.8. The second-order valence-electron chi connectivity index (χ2n) is 4.62. The number of para-hydroxylation sites is 1. The quantitative estimate of drug-likeness (QED) is 0.908. The lowest BCUT2D eigenvalue weighted by atomic mass is 10.1. The van der Waals surface area contributed by atoms with E-state index in [-0.39, 0.29) is 0 Å². The van der Waals surface area contributed by atoms with Gasteiger partial charge in [0.25, 0.3) is 0 Å². The molecule has 100 valence electrons. The lowest BCUT2D eigenvalue weighted by molar-refractivity contribution is 0.475. The predicted molar refractivity (Wildman–Crippen MR) is 82.9 cm³/mol. The Morgan fingerprint density at radius 2 is 1.74 bits per heavy atom. The smallest absolute Gasteiger partial charge is 0.130 e. The zero-order chi connectivity index (χ0) is 13.8. The summed E-state index contributed by atoms with van der Waals surface area (Å²) < 4.78 is 7.14. The molecule has 0 aliphatic rings. The highest BCUT2D eigenvalue weighted by Gasteiger charge is 2.07. The van der Waals surface area contributed by atoms with Gasteiger partial charge in [-0.05, 0) is 61.7 Å². The largest absolute Gasteiger partial charge is 0.457 e. The molecule has 2 aromatic carbocycles. The average molecular weight is 320 g/mol. The molecule has 3 heteroatoms. The van der Waals surface area contributed by atoms with Crippen LogP contribution < -0.4 is 10.5 Å². The summed E-state index contributed by atoms with van der Waals surface area (Å²) in [6.45, 7) is 4.75. The van der Waals surface area contributed by atoms with E-state index in [2.05, 4.69) is 35.8 Å². The summed E-state index contributed by atoms with van der Waals surface area (Å²) in [7, 11) is 0. The van der Waals surface area contributed by atoms with Gasteiger partial charge in [-0.3, -0.25) is 0 Å². The molecule has 0 aliphatic carbocycles. The Kier molecular flexibility index (Phi) is 4.61. The minimum atomic E-state index is 0.624. The van der Waals surface area contributed by atoms with Crippen LogP contribution in [0.2, 0.25) is 0 Å². The normalized spacial score (nSPS) is 10.5. The van der Waals surface area contributed by atoms with Crippen molar-refractivity contribution in [3.05, 3.63) is 57.6 Å². The van der Waals surface area contributed by atoms with Crippen LogP contribution in [0.5, 0.6) is 11.5 Å².